The largest absolute Gasteiger partial charge is 0.127 e. The average molecular weight is 194 g/mol. The standard InChI is InChI=1S/C14H26/c1-4-5-6-7-8-9-10-11-12-13-14(2)3/h12H,4-11H2,1-3H3. The van der Waals surface area contributed by atoms with Gasteiger partial charge in [-0.3, -0.25) is 0 Å². The lowest BCUT2D eigenvalue weighted by Crippen LogP contribution is -1.78. The fourth-order valence-electron chi connectivity index (χ4n) is 1.48. The van der Waals surface area contributed by atoms with Crippen molar-refractivity contribution in [3.05, 3.63) is 17.4 Å². The molecule has 0 spiro atoms. The number of allylic oxidation sites excluding steroid dienone is 1. The van der Waals surface area contributed by atoms with Crippen LogP contribution in [0.4, 0.5) is 0 Å². The Balaban J connectivity index is 3.10. The van der Waals surface area contributed by atoms with Gasteiger partial charge < -0.3 is 0 Å². The minimum Gasteiger partial charge on any atom is -0.127 e. The maximum Gasteiger partial charge on any atom is -0.0274 e. The molecule has 0 saturated heterocycles. The monoisotopic (exact) mass is 194 g/mol. The highest BCUT2D eigenvalue weighted by atomic mass is 13.9. The molecule has 0 amide bonds. The SMILES string of the molecule is CCCCCCCCCC=C=C(C)C. The number of unbranched alkanes of at least 4 members (excludes halogenated alkanes) is 7. The Labute approximate surface area is 90.1 Å². The van der Waals surface area contributed by atoms with Crippen molar-refractivity contribution in [2.24, 2.45) is 0 Å². The molecular weight excluding hydrogens is 168 g/mol. The summed E-state index contributed by atoms with van der Waals surface area (Å²) in [6.45, 7) is 6.46. The van der Waals surface area contributed by atoms with Gasteiger partial charge >= 0.3 is 0 Å². The van der Waals surface area contributed by atoms with Crippen molar-refractivity contribution in [3.8, 4) is 0 Å². The highest BCUT2D eigenvalue weighted by Crippen LogP contribution is 2.08. The van der Waals surface area contributed by atoms with Gasteiger partial charge in [-0.05, 0) is 38.3 Å². The Kier molecular flexibility index (Phi) is 10.2. The van der Waals surface area contributed by atoms with Crippen molar-refractivity contribution in [2.75, 3.05) is 0 Å². The Morgan fingerprint density at radius 3 is 2.07 bits per heavy atom. The quantitative estimate of drug-likeness (QED) is 0.366. The van der Waals surface area contributed by atoms with Gasteiger partial charge in [-0.1, -0.05) is 45.4 Å². The van der Waals surface area contributed by atoms with Crippen LogP contribution in [0.1, 0.15) is 72.1 Å². The first-order chi connectivity index (χ1) is 6.77. The number of hydrogen-bond donors (Lipinski definition) is 0. The van der Waals surface area contributed by atoms with Gasteiger partial charge in [-0.25, -0.2) is 0 Å². The zero-order valence-electron chi connectivity index (χ0n) is 10.2. The van der Waals surface area contributed by atoms with Crippen molar-refractivity contribution in [1.82, 2.24) is 0 Å². The summed E-state index contributed by atoms with van der Waals surface area (Å²) in [5, 5.41) is 0. The molecule has 14 heavy (non-hydrogen) atoms. The third kappa shape index (κ3) is 11.5. The first-order valence-corrected chi connectivity index (χ1v) is 6.15. The van der Waals surface area contributed by atoms with E-state index in [1.54, 1.807) is 0 Å². The van der Waals surface area contributed by atoms with Crippen molar-refractivity contribution in [1.29, 1.82) is 0 Å². The van der Waals surface area contributed by atoms with Crippen LogP contribution in [0.15, 0.2) is 17.4 Å². The summed E-state index contributed by atoms with van der Waals surface area (Å²) in [6.07, 6.45) is 13.2. The van der Waals surface area contributed by atoms with E-state index in [2.05, 4.69) is 32.6 Å². The van der Waals surface area contributed by atoms with Gasteiger partial charge in [0, 0.05) is 0 Å². The molecule has 0 saturated carbocycles. The second kappa shape index (κ2) is 10.6. The highest BCUT2D eigenvalue weighted by Gasteiger charge is 1.88. The lowest BCUT2D eigenvalue weighted by molar-refractivity contribution is 0.592. The Morgan fingerprint density at radius 2 is 1.50 bits per heavy atom. The smallest absolute Gasteiger partial charge is 0.0274 e. The third-order valence-electron chi connectivity index (χ3n) is 2.34. The molecule has 0 radical (unpaired) electrons. The van der Waals surface area contributed by atoms with E-state index in [0.717, 1.165) is 0 Å². The second-order valence-corrected chi connectivity index (χ2v) is 4.26. The average Bonchev–Trinajstić information content (AvgIpc) is 2.15. The predicted molar refractivity (Wildman–Crippen MR) is 65.6 cm³/mol. The fourth-order valence-corrected chi connectivity index (χ4v) is 1.48. The maximum absolute atomic E-state index is 3.25. The lowest BCUT2D eigenvalue weighted by atomic mass is 10.1. The summed E-state index contributed by atoms with van der Waals surface area (Å²) in [6, 6.07) is 0. The molecule has 0 fully saturated rings. The van der Waals surface area contributed by atoms with Gasteiger partial charge in [0.15, 0.2) is 0 Å². The van der Waals surface area contributed by atoms with Crippen molar-refractivity contribution in [2.45, 2.75) is 72.1 Å². The maximum atomic E-state index is 3.25. The molecular formula is C14H26. The molecule has 0 nitrogen and oxygen atoms in total. The molecule has 0 heteroatoms. The zero-order valence-corrected chi connectivity index (χ0v) is 10.2. The van der Waals surface area contributed by atoms with E-state index in [4.69, 9.17) is 0 Å². The number of hydrogen-bond acceptors (Lipinski definition) is 0. The molecule has 0 heterocycles. The normalized spacial score (nSPS) is 9.64. The first-order valence-electron chi connectivity index (χ1n) is 6.15. The first kappa shape index (κ1) is 13.5. The van der Waals surface area contributed by atoms with E-state index >= 15 is 0 Å². The van der Waals surface area contributed by atoms with Crippen molar-refractivity contribution >= 4 is 0 Å². The van der Waals surface area contributed by atoms with Crippen LogP contribution in [0.25, 0.3) is 0 Å². The summed E-state index contributed by atoms with van der Waals surface area (Å²) in [7, 11) is 0. The minimum atomic E-state index is 1.21. The Morgan fingerprint density at radius 1 is 0.929 bits per heavy atom. The van der Waals surface area contributed by atoms with Crippen LogP contribution in [0.2, 0.25) is 0 Å². The molecule has 0 unspecified atom stereocenters. The lowest BCUT2D eigenvalue weighted by Gasteiger charge is -1.98. The van der Waals surface area contributed by atoms with Gasteiger partial charge in [-0.2, -0.15) is 0 Å². The fraction of sp³-hybridized carbons (Fsp3) is 0.786. The summed E-state index contributed by atoms with van der Waals surface area (Å²) in [5.41, 5.74) is 4.53. The Hall–Kier alpha value is -0.480. The topological polar surface area (TPSA) is 0 Å². The van der Waals surface area contributed by atoms with Gasteiger partial charge in [0.05, 0.1) is 0 Å². The molecule has 0 aliphatic carbocycles. The van der Waals surface area contributed by atoms with E-state index in [0.29, 0.717) is 0 Å². The molecule has 82 valence electrons. The summed E-state index contributed by atoms with van der Waals surface area (Å²) in [5.74, 6) is 0. The van der Waals surface area contributed by atoms with Crippen LogP contribution >= 0.6 is 0 Å². The summed E-state index contributed by atoms with van der Waals surface area (Å²) < 4.78 is 0. The van der Waals surface area contributed by atoms with Crippen LogP contribution in [-0.4, -0.2) is 0 Å². The predicted octanol–water partition coefficient (Wildman–Crippen LogP) is 5.25. The number of rotatable bonds is 8. The molecule has 0 rings (SSSR count). The van der Waals surface area contributed by atoms with Crippen molar-refractivity contribution in [3.63, 3.8) is 0 Å². The summed E-state index contributed by atoms with van der Waals surface area (Å²) >= 11 is 0. The molecule has 0 aromatic heterocycles. The van der Waals surface area contributed by atoms with Crippen molar-refractivity contribution < 1.29 is 0 Å². The summed E-state index contributed by atoms with van der Waals surface area (Å²) in [4.78, 5) is 0. The molecule has 0 aromatic carbocycles. The molecule has 0 bridgehead atoms. The molecule has 0 aromatic rings. The van der Waals surface area contributed by atoms with E-state index in [1.165, 1.54) is 56.9 Å². The Bertz CT molecular complexity index is 166. The van der Waals surface area contributed by atoms with Crippen LogP contribution in [0, 0.1) is 0 Å². The minimum absolute atomic E-state index is 1.21. The van der Waals surface area contributed by atoms with Crippen LogP contribution in [0.5, 0.6) is 0 Å². The molecule has 0 aliphatic heterocycles. The van der Waals surface area contributed by atoms with E-state index in [-0.39, 0.29) is 0 Å². The van der Waals surface area contributed by atoms with Gasteiger partial charge in [0.25, 0.3) is 0 Å². The molecule has 0 atom stereocenters. The zero-order chi connectivity index (χ0) is 10.6. The third-order valence-corrected chi connectivity index (χ3v) is 2.34. The highest BCUT2D eigenvalue weighted by molar-refractivity contribution is 4.93. The van der Waals surface area contributed by atoms with Gasteiger partial charge in [0.1, 0.15) is 0 Å². The molecule has 0 N–H and O–H groups in total. The van der Waals surface area contributed by atoms with E-state index in [9.17, 15) is 0 Å². The van der Waals surface area contributed by atoms with E-state index in [1.807, 2.05) is 0 Å². The van der Waals surface area contributed by atoms with Crippen LogP contribution < -0.4 is 0 Å². The van der Waals surface area contributed by atoms with Crippen LogP contribution in [0.3, 0.4) is 0 Å². The van der Waals surface area contributed by atoms with Gasteiger partial charge in [-0.15, -0.1) is 5.73 Å². The second-order valence-electron chi connectivity index (χ2n) is 4.26. The van der Waals surface area contributed by atoms with E-state index < -0.39 is 0 Å². The van der Waals surface area contributed by atoms with Gasteiger partial charge in [0.2, 0.25) is 0 Å². The van der Waals surface area contributed by atoms with Crippen LogP contribution in [-0.2, 0) is 0 Å². The molecule has 0 aliphatic rings.